The zero-order valence-corrected chi connectivity index (χ0v) is 12.3. The first-order valence-corrected chi connectivity index (χ1v) is 6.81. The third-order valence-corrected chi connectivity index (χ3v) is 3.23. The molecule has 1 atom stereocenters. The number of aromatic nitrogens is 1. The van der Waals surface area contributed by atoms with E-state index in [0.29, 0.717) is 18.7 Å². The Morgan fingerprint density at radius 3 is 2.25 bits per heavy atom. The normalized spacial score (nSPS) is 12.2. The number of ether oxygens (including phenoxy) is 1. The Balaban J connectivity index is 1.98. The first-order chi connectivity index (χ1) is 9.56. The van der Waals surface area contributed by atoms with E-state index in [0.717, 1.165) is 5.56 Å². The van der Waals surface area contributed by atoms with Gasteiger partial charge in [-0.1, -0.05) is 35.4 Å². The van der Waals surface area contributed by atoms with Gasteiger partial charge in [-0.2, -0.15) is 0 Å². The molecule has 0 amide bonds. The SMILES string of the molecule is COc1ccc(CC(O)Cc2cc(C)cc(C)c2)cn1. The molecule has 106 valence electrons. The van der Waals surface area contributed by atoms with Crippen molar-refractivity contribution in [1.29, 1.82) is 0 Å². The standard InChI is InChI=1S/C17H21NO2/c1-12-6-13(2)8-15(7-12)10-16(19)9-14-4-5-17(20-3)18-11-14/h4-8,11,16,19H,9-10H2,1-3H3. The zero-order chi connectivity index (χ0) is 14.5. The minimum Gasteiger partial charge on any atom is -0.481 e. The van der Waals surface area contributed by atoms with Crippen molar-refractivity contribution in [2.75, 3.05) is 7.11 Å². The second-order valence-electron chi connectivity index (χ2n) is 5.27. The summed E-state index contributed by atoms with van der Waals surface area (Å²) < 4.78 is 5.02. The summed E-state index contributed by atoms with van der Waals surface area (Å²) in [5.41, 5.74) is 4.66. The smallest absolute Gasteiger partial charge is 0.212 e. The van der Waals surface area contributed by atoms with Gasteiger partial charge in [0.15, 0.2) is 0 Å². The molecular weight excluding hydrogens is 250 g/mol. The van der Waals surface area contributed by atoms with Crippen molar-refractivity contribution in [1.82, 2.24) is 4.98 Å². The van der Waals surface area contributed by atoms with Gasteiger partial charge in [0.2, 0.25) is 5.88 Å². The minimum absolute atomic E-state index is 0.397. The fraction of sp³-hybridized carbons (Fsp3) is 0.353. The van der Waals surface area contributed by atoms with Gasteiger partial charge in [-0.15, -0.1) is 0 Å². The fourth-order valence-electron chi connectivity index (χ4n) is 2.46. The number of rotatable bonds is 5. The third kappa shape index (κ3) is 4.07. The molecule has 1 heterocycles. The van der Waals surface area contributed by atoms with Gasteiger partial charge in [0.05, 0.1) is 13.2 Å². The molecule has 3 heteroatoms. The number of methoxy groups -OCH3 is 1. The average molecular weight is 271 g/mol. The highest BCUT2D eigenvalue weighted by molar-refractivity contribution is 5.29. The summed E-state index contributed by atoms with van der Waals surface area (Å²) >= 11 is 0. The predicted octanol–water partition coefficient (Wildman–Crippen LogP) is 2.85. The van der Waals surface area contributed by atoms with Crippen LogP contribution in [0.3, 0.4) is 0 Å². The van der Waals surface area contributed by atoms with Gasteiger partial charge in [-0.25, -0.2) is 4.98 Å². The van der Waals surface area contributed by atoms with Crippen LogP contribution in [0.2, 0.25) is 0 Å². The highest BCUT2D eigenvalue weighted by Gasteiger charge is 2.08. The van der Waals surface area contributed by atoms with Crippen LogP contribution in [0.15, 0.2) is 36.5 Å². The highest BCUT2D eigenvalue weighted by Crippen LogP contribution is 2.14. The second-order valence-corrected chi connectivity index (χ2v) is 5.27. The lowest BCUT2D eigenvalue weighted by atomic mass is 9.99. The van der Waals surface area contributed by atoms with Gasteiger partial charge in [0, 0.05) is 18.7 Å². The van der Waals surface area contributed by atoms with E-state index in [4.69, 9.17) is 4.74 Å². The molecule has 2 aromatic rings. The summed E-state index contributed by atoms with van der Waals surface area (Å²) in [5, 5.41) is 10.2. The van der Waals surface area contributed by atoms with Crippen LogP contribution in [-0.4, -0.2) is 23.3 Å². The lowest BCUT2D eigenvalue weighted by Crippen LogP contribution is -2.14. The van der Waals surface area contributed by atoms with Gasteiger partial charge in [-0.05, 0) is 31.4 Å². The van der Waals surface area contributed by atoms with Crippen LogP contribution in [0.4, 0.5) is 0 Å². The van der Waals surface area contributed by atoms with Crippen molar-refractivity contribution in [2.45, 2.75) is 32.8 Å². The zero-order valence-electron chi connectivity index (χ0n) is 12.3. The molecule has 1 unspecified atom stereocenters. The Morgan fingerprint density at radius 1 is 1.05 bits per heavy atom. The van der Waals surface area contributed by atoms with Crippen molar-refractivity contribution in [3.8, 4) is 5.88 Å². The molecule has 0 aliphatic rings. The van der Waals surface area contributed by atoms with Crippen molar-refractivity contribution in [2.24, 2.45) is 0 Å². The molecule has 1 N–H and O–H groups in total. The van der Waals surface area contributed by atoms with Crippen molar-refractivity contribution >= 4 is 0 Å². The molecule has 3 nitrogen and oxygen atoms in total. The maximum absolute atomic E-state index is 10.2. The van der Waals surface area contributed by atoms with Gasteiger partial charge in [0.25, 0.3) is 0 Å². The van der Waals surface area contributed by atoms with Gasteiger partial charge in [0.1, 0.15) is 0 Å². The van der Waals surface area contributed by atoms with Crippen LogP contribution in [0.25, 0.3) is 0 Å². The first kappa shape index (κ1) is 14.5. The number of hydrogen-bond acceptors (Lipinski definition) is 3. The summed E-state index contributed by atoms with van der Waals surface area (Å²) in [5.74, 6) is 0.595. The maximum Gasteiger partial charge on any atom is 0.212 e. The molecule has 1 aromatic heterocycles. The number of aryl methyl sites for hydroxylation is 2. The van der Waals surface area contributed by atoms with E-state index in [2.05, 4.69) is 37.0 Å². The van der Waals surface area contributed by atoms with Crippen LogP contribution in [0.5, 0.6) is 5.88 Å². The Bertz CT molecular complexity index is 543. The Labute approximate surface area is 120 Å². The number of aliphatic hydroxyl groups excluding tert-OH is 1. The summed E-state index contributed by atoms with van der Waals surface area (Å²) in [6.07, 6.45) is 2.62. The fourth-order valence-corrected chi connectivity index (χ4v) is 2.46. The first-order valence-electron chi connectivity index (χ1n) is 6.81. The van der Waals surface area contributed by atoms with Gasteiger partial charge in [-0.3, -0.25) is 0 Å². The van der Waals surface area contributed by atoms with E-state index in [1.807, 2.05) is 12.1 Å². The molecule has 0 fully saturated rings. The molecule has 0 radical (unpaired) electrons. The van der Waals surface area contributed by atoms with E-state index in [-0.39, 0.29) is 0 Å². The van der Waals surface area contributed by atoms with Crippen molar-refractivity contribution in [3.63, 3.8) is 0 Å². The largest absolute Gasteiger partial charge is 0.481 e. The van der Waals surface area contributed by atoms with E-state index in [1.54, 1.807) is 13.3 Å². The lowest BCUT2D eigenvalue weighted by Gasteiger charge is -2.12. The van der Waals surface area contributed by atoms with Crippen LogP contribution < -0.4 is 4.74 Å². The van der Waals surface area contributed by atoms with Crippen LogP contribution in [-0.2, 0) is 12.8 Å². The highest BCUT2D eigenvalue weighted by atomic mass is 16.5. The Hall–Kier alpha value is -1.87. The topological polar surface area (TPSA) is 42.4 Å². The van der Waals surface area contributed by atoms with Crippen LogP contribution in [0, 0.1) is 13.8 Å². The number of aliphatic hydroxyl groups is 1. The average Bonchev–Trinajstić information content (AvgIpc) is 2.38. The number of nitrogens with zero attached hydrogens (tertiary/aromatic N) is 1. The predicted molar refractivity (Wildman–Crippen MR) is 80.1 cm³/mol. The van der Waals surface area contributed by atoms with E-state index >= 15 is 0 Å². The number of pyridine rings is 1. The molecule has 0 saturated heterocycles. The second kappa shape index (κ2) is 6.53. The summed E-state index contributed by atoms with van der Waals surface area (Å²) in [6, 6.07) is 10.2. The van der Waals surface area contributed by atoms with E-state index in [9.17, 15) is 5.11 Å². The quantitative estimate of drug-likeness (QED) is 0.909. The minimum atomic E-state index is -0.397. The molecule has 0 aliphatic carbocycles. The number of benzene rings is 1. The van der Waals surface area contributed by atoms with E-state index in [1.165, 1.54) is 16.7 Å². The summed E-state index contributed by atoms with van der Waals surface area (Å²) in [4.78, 5) is 4.15. The van der Waals surface area contributed by atoms with Crippen molar-refractivity contribution in [3.05, 3.63) is 58.8 Å². The monoisotopic (exact) mass is 271 g/mol. The summed E-state index contributed by atoms with van der Waals surface area (Å²) in [6.45, 7) is 4.16. The van der Waals surface area contributed by atoms with E-state index < -0.39 is 6.10 Å². The van der Waals surface area contributed by atoms with Gasteiger partial charge < -0.3 is 9.84 Å². The van der Waals surface area contributed by atoms with Gasteiger partial charge >= 0.3 is 0 Å². The molecule has 20 heavy (non-hydrogen) atoms. The van der Waals surface area contributed by atoms with Crippen molar-refractivity contribution < 1.29 is 9.84 Å². The third-order valence-electron chi connectivity index (χ3n) is 3.23. The lowest BCUT2D eigenvalue weighted by molar-refractivity contribution is 0.175. The Kier molecular flexibility index (Phi) is 4.74. The van der Waals surface area contributed by atoms with Crippen LogP contribution >= 0.6 is 0 Å². The van der Waals surface area contributed by atoms with Crippen LogP contribution in [0.1, 0.15) is 22.3 Å². The Morgan fingerprint density at radius 2 is 1.70 bits per heavy atom. The number of hydrogen-bond donors (Lipinski definition) is 1. The maximum atomic E-state index is 10.2. The molecule has 2 rings (SSSR count). The molecule has 0 bridgehead atoms. The molecule has 0 saturated carbocycles. The molecular formula is C17H21NO2. The molecule has 1 aromatic carbocycles. The summed E-state index contributed by atoms with van der Waals surface area (Å²) in [7, 11) is 1.59. The molecule has 0 spiro atoms. The molecule has 0 aliphatic heterocycles.